The van der Waals surface area contributed by atoms with Gasteiger partial charge in [-0.1, -0.05) is 35.0 Å². The molecule has 0 fully saturated rings. The van der Waals surface area contributed by atoms with Gasteiger partial charge in [0.05, 0.1) is 25.3 Å². The molecule has 30 heavy (non-hydrogen) atoms. The number of benzene rings is 2. The van der Waals surface area contributed by atoms with Gasteiger partial charge in [0.15, 0.2) is 0 Å². The third-order valence-electron chi connectivity index (χ3n) is 4.66. The largest absolute Gasteiger partial charge is 0.493 e. The normalized spacial score (nSPS) is 11.0. The number of likely N-dealkylation sites (N-methyl/N-ethyl adjacent to an activating group) is 1. The molecule has 0 saturated heterocycles. The van der Waals surface area contributed by atoms with Gasteiger partial charge in [0, 0.05) is 5.69 Å². The summed E-state index contributed by atoms with van der Waals surface area (Å²) in [5.41, 5.74) is 4.93. The highest BCUT2D eigenvalue weighted by atomic mass is 16.5. The maximum absolute atomic E-state index is 12.5. The van der Waals surface area contributed by atoms with E-state index in [1.54, 1.807) is 0 Å². The van der Waals surface area contributed by atoms with Crippen molar-refractivity contribution in [2.75, 3.05) is 25.5 Å². The standard InChI is InChI=1S/C23H28N4O3/c1-6-29-19-10-8-7-9-18(19)23-25-21(30-26-23)14-27(5)13-20(28)24-22-16(3)11-15(2)12-17(22)4/h7-12H,6,13-14H2,1-5H3,(H,24,28). The average molecular weight is 409 g/mol. The smallest absolute Gasteiger partial charge is 0.241 e. The minimum Gasteiger partial charge on any atom is -0.493 e. The van der Waals surface area contributed by atoms with Gasteiger partial charge < -0.3 is 14.6 Å². The van der Waals surface area contributed by atoms with E-state index in [0.29, 0.717) is 30.6 Å². The molecule has 7 heteroatoms. The lowest BCUT2D eigenvalue weighted by molar-refractivity contribution is -0.117. The van der Waals surface area contributed by atoms with E-state index in [-0.39, 0.29) is 12.5 Å². The van der Waals surface area contributed by atoms with Gasteiger partial charge in [-0.3, -0.25) is 9.69 Å². The molecule has 3 rings (SSSR count). The molecular weight excluding hydrogens is 380 g/mol. The van der Waals surface area contributed by atoms with E-state index in [4.69, 9.17) is 9.26 Å². The number of carbonyl (C=O) groups is 1. The number of hydrogen-bond acceptors (Lipinski definition) is 6. The van der Waals surface area contributed by atoms with Crippen molar-refractivity contribution in [1.82, 2.24) is 15.0 Å². The van der Waals surface area contributed by atoms with Crippen LogP contribution in [0.3, 0.4) is 0 Å². The molecule has 0 aliphatic heterocycles. The van der Waals surface area contributed by atoms with E-state index < -0.39 is 0 Å². The summed E-state index contributed by atoms with van der Waals surface area (Å²) >= 11 is 0. The molecule has 0 spiro atoms. The first-order chi connectivity index (χ1) is 14.4. The Morgan fingerprint density at radius 3 is 2.57 bits per heavy atom. The number of rotatable bonds is 8. The van der Waals surface area contributed by atoms with Crippen LogP contribution in [0.2, 0.25) is 0 Å². The molecule has 1 heterocycles. The van der Waals surface area contributed by atoms with Crippen molar-refractivity contribution in [2.45, 2.75) is 34.2 Å². The van der Waals surface area contributed by atoms with E-state index in [0.717, 1.165) is 22.4 Å². The van der Waals surface area contributed by atoms with Crippen molar-refractivity contribution >= 4 is 11.6 Å². The lowest BCUT2D eigenvalue weighted by Gasteiger charge is -2.16. The predicted molar refractivity (Wildman–Crippen MR) is 117 cm³/mol. The van der Waals surface area contributed by atoms with E-state index >= 15 is 0 Å². The molecule has 1 aromatic heterocycles. The fourth-order valence-electron chi connectivity index (χ4n) is 3.45. The van der Waals surface area contributed by atoms with E-state index in [9.17, 15) is 4.79 Å². The molecule has 1 amide bonds. The minimum atomic E-state index is -0.0889. The lowest BCUT2D eigenvalue weighted by atomic mass is 10.1. The van der Waals surface area contributed by atoms with Gasteiger partial charge in [-0.15, -0.1) is 0 Å². The van der Waals surface area contributed by atoms with Crippen molar-refractivity contribution < 1.29 is 14.1 Å². The van der Waals surface area contributed by atoms with Crippen LogP contribution in [0.25, 0.3) is 11.4 Å². The molecule has 0 aliphatic carbocycles. The Morgan fingerprint density at radius 2 is 1.87 bits per heavy atom. The van der Waals surface area contributed by atoms with E-state index in [1.807, 2.05) is 63.9 Å². The number of nitrogens with zero attached hydrogens (tertiary/aromatic N) is 3. The van der Waals surface area contributed by atoms with Crippen molar-refractivity contribution in [3.63, 3.8) is 0 Å². The van der Waals surface area contributed by atoms with Crippen molar-refractivity contribution in [2.24, 2.45) is 0 Å². The fraction of sp³-hybridized carbons (Fsp3) is 0.348. The lowest BCUT2D eigenvalue weighted by Crippen LogP contribution is -2.30. The van der Waals surface area contributed by atoms with Crippen molar-refractivity contribution in [1.29, 1.82) is 0 Å². The highest BCUT2D eigenvalue weighted by molar-refractivity contribution is 5.93. The second-order valence-electron chi connectivity index (χ2n) is 7.44. The van der Waals surface area contributed by atoms with Crippen LogP contribution in [0.4, 0.5) is 5.69 Å². The zero-order valence-corrected chi connectivity index (χ0v) is 18.2. The molecule has 0 atom stereocenters. The number of amides is 1. The molecule has 0 radical (unpaired) electrons. The average Bonchev–Trinajstić information content (AvgIpc) is 3.13. The highest BCUT2D eigenvalue weighted by Crippen LogP contribution is 2.27. The van der Waals surface area contributed by atoms with Crippen LogP contribution in [0, 0.1) is 20.8 Å². The summed E-state index contributed by atoms with van der Waals surface area (Å²) in [6, 6.07) is 11.7. The molecule has 7 nitrogen and oxygen atoms in total. The number of nitrogens with one attached hydrogen (secondary N) is 1. The Morgan fingerprint density at radius 1 is 1.17 bits per heavy atom. The molecule has 3 aromatic rings. The van der Waals surface area contributed by atoms with Crippen LogP contribution in [-0.4, -0.2) is 41.1 Å². The molecule has 1 N–H and O–H groups in total. The number of hydrogen-bond donors (Lipinski definition) is 1. The first-order valence-corrected chi connectivity index (χ1v) is 9.98. The molecule has 0 unspecified atom stereocenters. The summed E-state index contributed by atoms with van der Waals surface area (Å²) < 4.78 is 11.0. The van der Waals surface area contributed by atoms with Crippen LogP contribution in [0.5, 0.6) is 5.75 Å². The quantitative estimate of drug-likeness (QED) is 0.604. The van der Waals surface area contributed by atoms with Gasteiger partial charge in [-0.25, -0.2) is 0 Å². The Hall–Kier alpha value is -3.19. The van der Waals surface area contributed by atoms with Gasteiger partial charge in [0.2, 0.25) is 17.6 Å². The van der Waals surface area contributed by atoms with Crippen molar-refractivity contribution in [3.05, 3.63) is 59.0 Å². The molecule has 0 saturated carbocycles. The third kappa shape index (κ3) is 5.24. The molecule has 158 valence electrons. The molecule has 0 bridgehead atoms. The number of para-hydroxylation sites is 1. The van der Waals surface area contributed by atoms with E-state index in [2.05, 4.69) is 27.6 Å². The topological polar surface area (TPSA) is 80.5 Å². The van der Waals surface area contributed by atoms with Gasteiger partial charge in [0.1, 0.15) is 5.75 Å². The Labute approximate surface area is 177 Å². The second kappa shape index (κ2) is 9.54. The van der Waals surface area contributed by atoms with E-state index in [1.165, 1.54) is 5.56 Å². The third-order valence-corrected chi connectivity index (χ3v) is 4.66. The number of anilines is 1. The fourth-order valence-corrected chi connectivity index (χ4v) is 3.45. The molecule has 0 aliphatic rings. The number of aromatic nitrogens is 2. The summed E-state index contributed by atoms with van der Waals surface area (Å²) in [6.45, 7) is 9.10. The number of carbonyl (C=O) groups excluding carboxylic acids is 1. The van der Waals surface area contributed by atoms with Crippen LogP contribution < -0.4 is 10.1 Å². The first-order valence-electron chi connectivity index (χ1n) is 9.98. The van der Waals surface area contributed by atoms with Gasteiger partial charge in [-0.05, 0) is 58.0 Å². The zero-order valence-electron chi connectivity index (χ0n) is 18.2. The summed E-state index contributed by atoms with van der Waals surface area (Å²) in [4.78, 5) is 18.8. The second-order valence-corrected chi connectivity index (χ2v) is 7.44. The number of aryl methyl sites for hydroxylation is 3. The Bertz CT molecular complexity index is 1010. The van der Waals surface area contributed by atoms with Crippen LogP contribution in [0.1, 0.15) is 29.5 Å². The molecule has 2 aromatic carbocycles. The monoisotopic (exact) mass is 408 g/mol. The Balaban J connectivity index is 1.62. The summed E-state index contributed by atoms with van der Waals surface area (Å²) in [6.07, 6.45) is 0. The zero-order chi connectivity index (χ0) is 21.7. The summed E-state index contributed by atoms with van der Waals surface area (Å²) in [5.74, 6) is 1.53. The summed E-state index contributed by atoms with van der Waals surface area (Å²) in [7, 11) is 1.84. The Kier molecular flexibility index (Phi) is 6.84. The van der Waals surface area contributed by atoms with Gasteiger partial charge >= 0.3 is 0 Å². The maximum Gasteiger partial charge on any atom is 0.241 e. The van der Waals surface area contributed by atoms with Crippen molar-refractivity contribution in [3.8, 4) is 17.1 Å². The van der Waals surface area contributed by atoms with Gasteiger partial charge in [-0.2, -0.15) is 4.98 Å². The maximum atomic E-state index is 12.5. The van der Waals surface area contributed by atoms with Crippen LogP contribution in [0.15, 0.2) is 40.9 Å². The van der Waals surface area contributed by atoms with Crippen LogP contribution >= 0.6 is 0 Å². The summed E-state index contributed by atoms with van der Waals surface area (Å²) in [5, 5.41) is 7.08. The van der Waals surface area contributed by atoms with Gasteiger partial charge in [0.25, 0.3) is 0 Å². The molecular formula is C23H28N4O3. The first kappa shape index (κ1) is 21.5. The SMILES string of the molecule is CCOc1ccccc1-c1noc(CN(C)CC(=O)Nc2c(C)cc(C)cc2C)n1. The van der Waals surface area contributed by atoms with Crippen LogP contribution in [-0.2, 0) is 11.3 Å². The number of ether oxygens (including phenoxy) is 1. The highest BCUT2D eigenvalue weighted by Gasteiger charge is 2.16. The predicted octanol–water partition coefficient (Wildman–Crippen LogP) is 4.13. The minimum absolute atomic E-state index is 0.0889.